The van der Waals surface area contributed by atoms with Gasteiger partial charge in [0.15, 0.2) is 0 Å². The quantitative estimate of drug-likeness (QED) is 0.680. The second kappa shape index (κ2) is 8.27. The summed E-state index contributed by atoms with van der Waals surface area (Å²) in [4.78, 5) is 28.3. The van der Waals surface area contributed by atoms with E-state index in [1.807, 2.05) is 31.2 Å². The number of amides is 1. The summed E-state index contributed by atoms with van der Waals surface area (Å²) < 4.78 is 6.37. The number of nitrogens with one attached hydrogen (secondary N) is 1. The van der Waals surface area contributed by atoms with E-state index in [4.69, 9.17) is 4.74 Å². The summed E-state index contributed by atoms with van der Waals surface area (Å²) in [6.45, 7) is 1.98. The molecular formula is C20H20N4O3. The lowest BCUT2D eigenvalue weighted by Gasteiger charge is -2.18. The van der Waals surface area contributed by atoms with Crippen LogP contribution in [0, 0.1) is 6.92 Å². The molecule has 0 spiro atoms. The number of nitrogens with zero attached hydrogens (tertiary/aromatic N) is 3. The van der Waals surface area contributed by atoms with Crippen LogP contribution in [0.2, 0.25) is 0 Å². The molecule has 0 aliphatic carbocycles. The molecule has 1 aromatic heterocycles. The molecule has 0 bridgehead atoms. The fraction of sp³-hybridized carbons (Fsp3) is 0.200. The van der Waals surface area contributed by atoms with Crippen molar-refractivity contribution in [1.29, 1.82) is 0 Å². The van der Waals surface area contributed by atoms with Crippen LogP contribution in [0.1, 0.15) is 33.9 Å². The standard InChI is InChI=1S/C20H20N4O3/c1-14-3-5-15(6-4-14)18(11-19(25)27-2)23-20(26)16-7-9-17(10-8-16)24-13-21-12-22-24/h3-10,12-13,18H,11H2,1-2H3,(H,23,26)/t18-/m0/s1. The average Bonchev–Trinajstić information content (AvgIpc) is 3.23. The molecule has 7 nitrogen and oxygen atoms in total. The summed E-state index contributed by atoms with van der Waals surface area (Å²) in [6.07, 6.45) is 3.08. The maximum absolute atomic E-state index is 12.7. The van der Waals surface area contributed by atoms with Gasteiger partial charge >= 0.3 is 5.97 Å². The van der Waals surface area contributed by atoms with Crippen molar-refractivity contribution >= 4 is 11.9 Å². The highest BCUT2D eigenvalue weighted by Gasteiger charge is 2.19. The number of aromatic nitrogens is 3. The third-order valence-corrected chi connectivity index (χ3v) is 4.20. The molecule has 7 heteroatoms. The molecule has 2 aromatic carbocycles. The van der Waals surface area contributed by atoms with E-state index in [9.17, 15) is 9.59 Å². The van der Waals surface area contributed by atoms with E-state index in [2.05, 4.69) is 15.4 Å². The van der Waals surface area contributed by atoms with Crippen LogP contribution in [-0.4, -0.2) is 33.8 Å². The highest BCUT2D eigenvalue weighted by atomic mass is 16.5. The molecule has 1 atom stereocenters. The van der Waals surface area contributed by atoms with Gasteiger partial charge in [-0.25, -0.2) is 9.67 Å². The Morgan fingerprint density at radius 2 is 1.81 bits per heavy atom. The van der Waals surface area contributed by atoms with Crippen LogP contribution < -0.4 is 5.32 Å². The lowest BCUT2D eigenvalue weighted by molar-refractivity contribution is -0.141. The van der Waals surface area contributed by atoms with Gasteiger partial charge in [0.25, 0.3) is 5.91 Å². The Bertz CT molecular complexity index is 903. The van der Waals surface area contributed by atoms with Gasteiger partial charge in [-0.1, -0.05) is 29.8 Å². The normalized spacial score (nSPS) is 11.6. The number of carbonyl (C=O) groups is 2. The summed E-state index contributed by atoms with van der Waals surface area (Å²) >= 11 is 0. The molecule has 0 saturated heterocycles. The lowest BCUT2D eigenvalue weighted by Crippen LogP contribution is -2.30. The zero-order chi connectivity index (χ0) is 19.2. The van der Waals surface area contributed by atoms with Crippen molar-refractivity contribution in [3.8, 4) is 5.69 Å². The summed E-state index contributed by atoms with van der Waals surface area (Å²) in [5.74, 6) is -0.656. The minimum atomic E-state index is -0.472. The Kier molecular flexibility index (Phi) is 5.61. The Morgan fingerprint density at radius 1 is 1.11 bits per heavy atom. The molecule has 1 N–H and O–H groups in total. The van der Waals surface area contributed by atoms with Gasteiger partial charge in [0, 0.05) is 5.56 Å². The van der Waals surface area contributed by atoms with Crippen molar-refractivity contribution in [2.45, 2.75) is 19.4 Å². The first kappa shape index (κ1) is 18.3. The maximum Gasteiger partial charge on any atom is 0.307 e. The number of esters is 1. The largest absolute Gasteiger partial charge is 0.469 e. The Morgan fingerprint density at radius 3 is 2.41 bits per heavy atom. The minimum Gasteiger partial charge on any atom is -0.469 e. The number of methoxy groups -OCH3 is 1. The van der Waals surface area contributed by atoms with Gasteiger partial charge in [-0.15, -0.1) is 0 Å². The van der Waals surface area contributed by atoms with Crippen molar-refractivity contribution in [2.24, 2.45) is 0 Å². The maximum atomic E-state index is 12.7. The third kappa shape index (κ3) is 4.58. The van der Waals surface area contributed by atoms with Crippen LogP contribution in [0.5, 0.6) is 0 Å². The van der Waals surface area contributed by atoms with E-state index in [-0.39, 0.29) is 18.3 Å². The van der Waals surface area contributed by atoms with E-state index in [0.29, 0.717) is 5.56 Å². The van der Waals surface area contributed by atoms with Crippen molar-refractivity contribution in [2.75, 3.05) is 7.11 Å². The molecule has 0 aliphatic heterocycles. The molecule has 3 rings (SSSR count). The van der Waals surface area contributed by atoms with Crippen molar-refractivity contribution in [3.63, 3.8) is 0 Å². The second-order valence-corrected chi connectivity index (χ2v) is 6.10. The van der Waals surface area contributed by atoms with Crippen LogP contribution in [0.3, 0.4) is 0 Å². The number of aryl methyl sites for hydroxylation is 1. The fourth-order valence-electron chi connectivity index (χ4n) is 2.65. The zero-order valence-electron chi connectivity index (χ0n) is 15.1. The molecular weight excluding hydrogens is 344 g/mol. The summed E-state index contributed by atoms with van der Waals surface area (Å²) in [6, 6.07) is 14.2. The molecule has 0 radical (unpaired) electrons. The smallest absolute Gasteiger partial charge is 0.307 e. The Hall–Kier alpha value is -3.48. The first-order valence-corrected chi connectivity index (χ1v) is 8.46. The van der Waals surface area contributed by atoms with Crippen LogP contribution in [-0.2, 0) is 9.53 Å². The second-order valence-electron chi connectivity index (χ2n) is 6.10. The SMILES string of the molecule is COC(=O)C[C@H](NC(=O)c1ccc(-n2cncn2)cc1)c1ccc(C)cc1. The highest BCUT2D eigenvalue weighted by molar-refractivity contribution is 5.94. The molecule has 138 valence electrons. The molecule has 1 amide bonds. The first-order chi connectivity index (χ1) is 13.1. The van der Waals surface area contributed by atoms with E-state index in [1.54, 1.807) is 35.3 Å². The van der Waals surface area contributed by atoms with Crippen molar-refractivity contribution in [3.05, 3.63) is 77.9 Å². The van der Waals surface area contributed by atoms with E-state index >= 15 is 0 Å². The Balaban J connectivity index is 1.77. The molecule has 0 unspecified atom stereocenters. The van der Waals surface area contributed by atoms with E-state index in [1.165, 1.54) is 13.4 Å². The van der Waals surface area contributed by atoms with E-state index < -0.39 is 6.04 Å². The number of hydrogen-bond donors (Lipinski definition) is 1. The summed E-state index contributed by atoms with van der Waals surface area (Å²) in [7, 11) is 1.33. The van der Waals surface area contributed by atoms with Crippen molar-refractivity contribution < 1.29 is 14.3 Å². The van der Waals surface area contributed by atoms with Gasteiger partial charge in [0.05, 0.1) is 25.3 Å². The van der Waals surface area contributed by atoms with Gasteiger partial charge in [-0.3, -0.25) is 9.59 Å². The van der Waals surface area contributed by atoms with Crippen LogP contribution in [0.25, 0.3) is 5.69 Å². The number of benzene rings is 2. The van der Waals surface area contributed by atoms with Gasteiger partial charge in [0.1, 0.15) is 12.7 Å². The predicted molar refractivity (Wildman–Crippen MR) is 99.4 cm³/mol. The molecule has 3 aromatic rings. The first-order valence-electron chi connectivity index (χ1n) is 8.46. The molecule has 1 heterocycles. The van der Waals surface area contributed by atoms with Crippen LogP contribution in [0.4, 0.5) is 0 Å². The molecule has 0 fully saturated rings. The van der Waals surface area contributed by atoms with Crippen LogP contribution in [0.15, 0.2) is 61.2 Å². The topological polar surface area (TPSA) is 86.1 Å². The number of carbonyl (C=O) groups excluding carboxylic acids is 2. The Labute approximate surface area is 157 Å². The van der Waals surface area contributed by atoms with Crippen molar-refractivity contribution in [1.82, 2.24) is 20.1 Å². The molecule has 27 heavy (non-hydrogen) atoms. The summed E-state index contributed by atoms with van der Waals surface area (Å²) in [5.41, 5.74) is 3.23. The lowest BCUT2D eigenvalue weighted by atomic mass is 10.0. The minimum absolute atomic E-state index is 0.0579. The summed E-state index contributed by atoms with van der Waals surface area (Å²) in [5, 5.41) is 6.97. The predicted octanol–water partition coefficient (Wildman–Crippen LogP) is 2.61. The van der Waals surface area contributed by atoms with Gasteiger partial charge in [-0.05, 0) is 36.8 Å². The fourth-order valence-corrected chi connectivity index (χ4v) is 2.65. The number of rotatable bonds is 6. The van der Waals surface area contributed by atoms with Gasteiger partial charge in [0.2, 0.25) is 0 Å². The van der Waals surface area contributed by atoms with Gasteiger partial charge in [-0.2, -0.15) is 5.10 Å². The monoisotopic (exact) mass is 364 g/mol. The third-order valence-electron chi connectivity index (χ3n) is 4.20. The number of ether oxygens (including phenoxy) is 1. The zero-order valence-corrected chi connectivity index (χ0v) is 15.1. The molecule has 0 aliphatic rings. The van der Waals surface area contributed by atoms with E-state index in [0.717, 1.165) is 16.8 Å². The van der Waals surface area contributed by atoms with Gasteiger partial charge < -0.3 is 10.1 Å². The number of hydrogen-bond acceptors (Lipinski definition) is 5. The average molecular weight is 364 g/mol. The highest BCUT2D eigenvalue weighted by Crippen LogP contribution is 2.19. The molecule has 0 saturated carbocycles. The van der Waals surface area contributed by atoms with Crippen LogP contribution >= 0.6 is 0 Å².